The third-order valence-electron chi connectivity index (χ3n) is 3.96. The fraction of sp³-hybridized carbons (Fsp3) is 0.529. The first kappa shape index (κ1) is 19.6. The van der Waals surface area contributed by atoms with Crippen LogP contribution < -0.4 is 0 Å². The summed E-state index contributed by atoms with van der Waals surface area (Å²) in [6, 6.07) is 4.25. The molecule has 1 saturated heterocycles. The quantitative estimate of drug-likeness (QED) is 0.643. The van der Waals surface area contributed by atoms with Crippen LogP contribution in [0.2, 0.25) is 0 Å². The Morgan fingerprint density at radius 3 is 2.35 bits per heavy atom. The molecule has 0 saturated carbocycles. The van der Waals surface area contributed by atoms with Crippen molar-refractivity contribution >= 4 is 17.7 Å². The molecule has 1 aliphatic rings. The fourth-order valence-electron chi connectivity index (χ4n) is 2.77. The fourth-order valence-corrected chi connectivity index (χ4v) is 2.77. The van der Waals surface area contributed by atoms with Crippen molar-refractivity contribution in [2.24, 2.45) is 0 Å². The molecule has 1 N–H and O–H groups in total. The van der Waals surface area contributed by atoms with E-state index in [2.05, 4.69) is 0 Å². The topological polar surface area (TPSA) is 113 Å². The van der Waals surface area contributed by atoms with Crippen molar-refractivity contribution in [3.8, 4) is 0 Å². The Kier molecular flexibility index (Phi) is 5.81. The van der Waals surface area contributed by atoms with E-state index in [0.717, 1.165) is 0 Å². The van der Waals surface area contributed by atoms with Gasteiger partial charge in [0.2, 0.25) is 0 Å². The molecule has 9 nitrogen and oxygen atoms in total. The number of rotatable bonds is 4. The highest BCUT2D eigenvalue weighted by Gasteiger charge is 2.28. The Labute approximate surface area is 151 Å². The summed E-state index contributed by atoms with van der Waals surface area (Å²) in [6.45, 7) is 7.64. The first-order chi connectivity index (χ1) is 12.1. The van der Waals surface area contributed by atoms with Crippen molar-refractivity contribution < 1.29 is 24.4 Å². The lowest BCUT2D eigenvalue weighted by atomic mass is 10.0. The van der Waals surface area contributed by atoms with Gasteiger partial charge in [0, 0.05) is 38.8 Å². The molecule has 26 heavy (non-hydrogen) atoms. The molecule has 1 aliphatic heterocycles. The van der Waals surface area contributed by atoms with Crippen LogP contribution in [0, 0.1) is 10.1 Å². The van der Waals surface area contributed by atoms with E-state index in [0.29, 0.717) is 31.7 Å². The largest absolute Gasteiger partial charge is 0.477 e. The van der Waals surface area contributed by atoms with Crippen LogP contribution in [0.5, 0.6) is 0 Å². The molecule has 1 aromatic carbocycles. The SMILES string of the molecule is CC(C)(C)OC(=O)N1CCN(Cc2cccc([N+](=O)[O-])c2C(=O)O)CC1. The predicted molar refractivity (Wildman–Crippen MR) is 93.1 cm³/mol. The summed E-state index contributed by atoms with van der Waals surface area (Å²) in [4.78, 5) is 37.5. The van der Waals surface area contributed by atoms with Crippen LogP contribution in [-0.4, -0.2) is 63.7 Å². The maximum absolute atomic E-state index is 12.1. The number of aromatic carboxylic acids is 1. The van der Waals surface area contributed by atoms with Gasteiger partial charge in [0.05, 0.1) is 4.92 Å². The Bertz CT molecular complexity index is 705. The summed E-state index contributed by atoms with van der Waals surface area (Å²) >= 11 is 0. The number of amides is 1. The average Bonchev–Trinajstić information content (AvgIpc) is 2.53. The van der Waals surface area contributed by atoms with E-state index in [1.165, 1.54) is 12.1 Å². The molecule has 0 radical (unpaired) electrons. The summed E-state index contributed by atoms with van der Waals surface area (Å²) in [7, 11) is 0. The van der Waals surface area contributed by atoms with Crippen molar-refractivity contribution in [1.82, 2.24) is 9.80 Å². The number of ether oxygens (including phenoxy) is 1. The van der Waals surface area contributed by atoms with Crippen LogP contribution in [-0.2, 0) is 11.3 Å². The molecule has 0 unspecified atom stereocenters. The van der Waals surface area contributed by atoms with Gasteiger partial charge < -0.3 is 14.7 Å². The van der Waals surface area contributed by atoms with E-state index in [1.54, 1.807) is 31.7 Å². The van der Waals surface area contributed by atoms with Gasteiger partial charge in [-0.1, -0.05) is 12.1 Å². The van der Waals surface area contributed by atoms with Crippen molar-refractivity contribution in [2.75, 3.05) is 26.2 Å². The molecule has 0 spiro atoms. The number of carboxylic acids is 1. The lowest BCUT2D eigenvalue weighted by molar-refractivity contribution is -0.385. The van der Waals surface area contributed by atoms with Crippen LogP contribution in [0.4, 0.5) is 10.5 Å². The highest BCUT2D eigenvalue weighted by atomic mass is 16.6. The molecule has 0 aliphatic carbocycles. The predicted octanol–water partition coefficient (Wildman–Crippen LogP) is 2.35. The first-order valence-corrected chi connectivity index (χ1v) is 8.28. The molecule has 0 bridgehead atoms. The summed E-state index contributed by atoms with van der Waals surface area (Å²) in [6.07, 6.45) is -0.376. The molecule has 2 rings (SSSR count). The van der Waals surface area contributed by atoms with Gasteiger partial charge >= 0.3 is 12.1 Å². The Hall–Kier alpha value is -2.68. The smallest absolute Gasteiger partial charge is 0.410 e. The van der Waals surface area contributed by atoms with Crippen LogP contribution in [0.3, 0.4) is 0 Å². The van der Waals surface area contributed by atoms with Gasteiger partial charge in [-0.05, 0) is 26.3 Å². The number of benzene rings is 1. The van der Waals surface area contributed by atoms with Crippen molar-refractivity contribution in [2.45, 2.75) is 32.9 Å². The third kappa shape index (κ3) is 4.92. The highest BCUT2D eigenvalue weighted by molar-refractivity contribution is 5.94. The Balaban J connectivity index is 2.04. The lowest BCUT2D eigenvalue weighted by Gasteiger charge is -2.35. The minimum atomic E-state index is -1.32. The number of piperazine rings is 1. The lowest BCUT2D eigenvalue weighted by Crippen LogP contribution is -2.49. The summed E-state index contributed by atoms with van der Waals surface area (Å²) in [5, 5.41) is 20.4. The normalized spacial score (nSPS) is 15.6. The molecule has 0 atom stereocenters. The number of carbonyl (C=O) groups excluding carboxylic acids is 1. The molecule has 1 amide bonds. The summed E-state index contributed by atoms with van der Waals surface area (Å²) in [5.74, 6) is -1.32. The van der Waals surface area contributed by atoms with Gasteiger partial charge in [0.25, 0.3) is 5.69 Å². The average molecular weight is 365 g/mol. The van der Waals surface area contributed by atoms with Crippen LogP contribution >= 0.6 is 0 Å². The van der Waals surface area contributed by atoms with E-state index in [9.17, 15) is 24.8 Å². The van der Waals surface area contributed by atoms with Crippen LogP contribution in [0.25, 0.3) is 0 Å². The van der Waals surface area contributed by atoms with E-state index in [-0.39, 0.29) is 18.2 Å². The molecule has 1 fully saturated rings. The molecule has 9 heteroatoms. The summed E-state index contributed by atoms with van der Waals surface area (Å²) < 4.78 is 5.34. The number of hydrogen-bond acceptors (Lipinski definition) is 6. The van der Waals surface area contributed by atoms with Crippen molar-refractivity contribution in [3.63, 3.8) is 0 Å². The Morgan fingerprint density at radius 2 is 1.85 bits per heavy atom. The number of hydrogen-bond donors (Lipinski definition) is 1. The second-order valence-corrected chi connectivity index (χ2v) is 7.12. The minimum absolute atomic E-state index is 0.269. The van der Waals surface area contributed by atoms with E-state index < -0.39 is 22.2 Å². The van der Waals surface area contributed by atoms with Gasteiger partial charge in [-0.3, -0.25) is 15.0 Å². The molecular formula is C17H23N3O6. The maximum atomic E-state index is 12.1. The highest BCUT2D eigenvalue weighted by Crippen LogP contribution is 2.24. The molecule has 142 valence electrons. The second kappa shape index (κ2) is 7.69. The number of nitro groups is 1. The third-order valence-corrected chi connectivity index (χ3v) is 3.96. The van der Waals surface area contributed by atoms with E-state index in [1.807, 2.05) is 4.90 Å². The standard InChI is InChI=1S/C17H23N3O6/c1-17(2,3)26-16(23)19-9-7-18(8-10-19)11-12-5-4-6-13(20(24)25)14(12)15(21)22/h4-6H,7-11H2,1-3H3,(H,21,22). The minimum Gasteiger partial charge on any atom is -0.477 e. The first-order valence-electron chi connectivity index (χ1n) is 8.28. The van der Waals surface area contributed by atoms with Gasteiger partial charge in [-0.25, -0.2) is 9.59 Å². The monoisotopic (exact) mass is 365 g/mol. The Morgan fingerprint density at radius 1 is 1.23 bits per heavy atom. The summed E-state index contributed by atoms with van der Waals surface area (Å²) in [5.41, 5.74) is -0.875. The van der Waals surface area contributed by atoms with Crippen molar-refractivity contribution in [1.29, 1.82) is 0 Å². The molecular weight excluding hydrogens is 342 g/mol. The number of carboxylic acid groups (broad SMARTS) is 1. The second-order valence-electron chi connectivity index (χ2n) is 7.12. The maximum Gasteiger partial charge on any atom is 0.410 e. The molecule has 1 heterocycles. The number of nitrogens with zero attached hydrogens (tertiary/aromatic N) is 3. The van der Waals surface area contributed by atoms with Crippen molar-refractivity contribution in [3.05, 3.63) is 39.4 Å². The zero-order chi connectivity index (χ0) is 19.5. The molecule has 1 aromatic rings. The van der Waals surface area contributed by atoms with Gasteiger partial charge in [0.15, 0.2) is 0 Å². The van der Waals surface area contributed by atoms with Gasteiger partial charge in [0.1, 0.15) is 11.2 Å². The zero-order valence-corrected chi connectivity index (χ0v) is 15.1. The molecule has 0 aromatic heterocycles. The van der Waals surface area contributed by atoms with E-state index in [4.69, 9.17) is 4.74 Å². The van der Waals surface area contributed by atoms with Crippen LogP contribution in [0.1, 0.15) is 36.7 Å². The zero-order valence-electron chi connectivity index (χ0n) is 15.1. The number of carbonyl (C=O) groups is 2. The van der Waals surface area contributed by atoms with Gasteiger partial charge in [-0.15, -0.1) is 0 Å². The van der Waals surface area contributed by atoms with Crippen LogP contribution in [0.15, 0.2) is 18.2 Å². The number of nitro benzene ring substituents is 1. The van der Waals surface area contributed by atoms with Gasteiger partial charge in [-0.2, -0.15) is 0 Å². The van der Waals surface area contributed by atoms with E-state index >= 15 is 0 Å².